The van der Waals surface area contributed by atoms with Gasteiger partial charge in [0.05, 0.1) is 16.1 Å². The molecule has 1 aliphatic rings. The van der Waals surface area contributed by atoms with Gasteiger partial charge in [0.2, 0.25) is 0 Å². The van der Waals surface area contributed by atoms with Gasteiger partial charge in [-0.25, -0.2) is 8.42 Å². The molecule has 0 unspecified atom stereocenters. The molecular formula is C19H19N3O2S. The second kappa shape index (κ2) is 6.13. The number of hydrogen-bond donors (Lipinski definition) is 2. The van der Waals surface area contributed by atoms with Crippen molar-refractivity contribution in [3.63, 3.8) is 0 Å². The summed E-state index contributed by atoms with van der Waals surface area (Å²) in [5, 5.41) is 3.94. The largest absolute Gasteiger partial charge is 0.312 e. The Bertz CT molecular complexity index is 1060. The Morgan fingerprint density at radius 2 is 2.00 bits per heavy atom. The molecule has 0 saturated carbocycles. The maximum atomic E-state index is 13.2. The second-order valence-electron chi connectivity index (χ2n) is 6.26. The van der Waals surface area contributed by atoms with Crippen molar-refractivity contribution in [3.8, 4) is 0 Å². The zero-order valence-electron chi connectivity index (χ0n) is 13.9. The summed E-state index contributed by atoms with van der Waals surface area (Å²) in [5.74, 6) is 0. The zero-order valence-corrected chi connectivity index (χ0v) is 14.7. The zero-order chi connectivity index (χ0) is 17.4. The van der Waals surface area contributed by atoms with E-state index in [1.807, 2.05) is 25.1 Å². The molecule has 0 spiro atoms. The Balaban J connectivity index is 1.83. The molecule has 0 radical (unpaired) electrons. The molecule has 0 aliphatic carbocycles. The van der Waals surface area contributed by atoms with Crippen molar-refractivity contribution in [2.45, 2.75) is 24.8 Å². The van der Waals surface area contributed by atoms with E-state index in [9.17, 15) is 8.42 Å². The molecule has 0 atom stereocenters. The van der Waals surface area contributed by atoms with Crippen LogP contribution in [0.1, 0.15) is 16.7 Å². The number of anilines is 1. The lowest BCUT2D eigenvalue weighted by Crippen LogP contribution is -2.25. The summed E-state index contributed by atoms with van der Waals surface area (Å²) in [6.45, 7) is 3.39. The van der Waals surface area contributed by atoms with E-state index in [0.29, 0.717) is 33.6 Å². The summed E-state index contributed by atoms with van der Waals surface area (Å²) in [7, 11) is -3.72. The highest BCUT2D eigenvalue weighted by Gasteiger charge is 2.23. The minimum atomic E-state index is -3.72. The van der Waals surface area contributed by atoms with Gasteiger partial charge in [-0.3, -0.25) is 9.71 Å². The fraction of sp³-hybridized carbons (Fsp3) is 0.211. The molecule has 2 N–H and O–H groups in total. The number of benzene rings is 2. The van der Waals surface area contributed by atoms with Crippen molar-refractivity contribution in [1.29, 1.82) is 0 Å². The van der Waals surface area contributed by atoms with Crippen LogP contribution < -0.4 is 10.0 Å². The number of nitrogens with one attached hydrogen (secondary N) is 2. The molecule has 0 saturated heterocycles. The van der Waals surface area contributed by atoms with E-state index in [4.69, 9.17) is 0 Å². The lowest BCUT2D eigenvalue weighted by Gasteiger charge is -2.21. The molecular weight excluding hydrogens is 334 g/mol. The van der Waals surface area contributed by atoms with Gasteiger partial charge >= 0.3 is 0 Å². The number of aryl methyl sites for hydroxylation is 1. The summed E-state index contributed by atoms with van der Waals surface area (Å²) in [6.07, 6.45) is 2.57. The fourth-order valence-electron chi connectivity index (χ4n) is 3.40. The maximum absolute atomic E-state index is 13.2. The van der Waals surface area contributed by atoms with Crippen molar-refractivity contribution in [2.75, 3.05) is 11.3 Å². The third-order valence-electron chi connectivity index (χ3n) is 4.59. The van der Waals surface area contributed by atoms with Crippen molar-refractivity contribution in [1.82, 2.24) is 10.3 Å². The number of hydrogen-bond acceptors (Lipinski definition) is 4. The summed E-state index contributed by atoms with van der Waals surface area (Å²) in [4.78, 5) is 4.56. The number of aromatic nitrogens is 1. The molecule has 2 aromatic carbocycles. The third kappa shape index (κ3) is 2.88. The van der Waals surface area contributed by atoms with E-state index in [-0.39, 0.29) is 0 Å². The van der Waals surface area contributed by atoms with Crippen LogP contribution in [0.15, 0.2) is 53.6 Å². The lowest BCUT2D eigenvalue weighted by atomic mass is 10.00. The Morgan fingerprint density at radius 3 is 2.88 bits per heavy atom. The Kier molecular flexibility index (Phi) is 3.94. The van der Waals surface area contributed by atoms with E-state index in [1.165, 1.54) is 5.56 Å². The van der Waals surface area contributed by atoms with Crippen LogP contribution in [0.5, 0.6) is 0 Å². The smallest absolute Gasteiger partial charge is 0.262 e. The molecule has 25 heavy (non-hydrogen) atoms. The first-order chi connectivity index (χ1) is 12.1. The van der Waals surface area contributed by atoms with Gasteiger partial charge < -0.3 is 5.32 Å². The summed E-state index contributed by atoms with van der Waals surface area (Å²) in [5.41, 5.74) is 4.23. The molecule has 128 valence electrons. The highest BCUT2D eigenvalue weighted by Crippen LogP contribution is 2.30. The fourth-order valence-corrected chi connectivity index (χ4v) is 4.93. The van der Waals surface area contributed by atoms with Crippen LogP contribution in [0, 0.1) is 6.92 Å². The van der Waals surface area contributed by atoms with Crippen LogP contribution in [0.2, 0.25) is 0 Å². The molecule has 0 fully saturated rings. The van der Waals surface area contributed by atoms with Gasteiger partial charge in [-0.2, -0.15) is 0 Å². The molecule has 3 aromatic rings. The van der Waals surface area contributed by atoms with Gasteiger partial charge in [0.15, 0.2) is 0 Å². The Hall–Kier alpha value is -2.44. The average Bonchev–Trinajstić information content (AvgIpc) is 2.61. The van der Waals surface area contributed by atoms with Gasteiger partial charge in [0, 0.05) is 18.1 Å². The van der Waals surface area contributed by atoms with Crippen molar-refractivity contribution in [2.24, 2.45) is 0 Å². The summed E-state index contributed by atoms with van der Waals surface area (Å²) >= 11 is 0. The first-order valence-corrected chi connectivity index (χ1v) is 9.73. The standard InChI is InChI=1S/C19H19N3O2S/c1-13-7-8-17-15(5-3-10-21-17)19(13)25(23,24)22-18-6-2-4-14-9-11-20-12-16(14)18/h2-8,10,20,22H,9,11-12H2,1H3. The van der Waals surface area contributed by atoms with E-state index in [2.05, 4.69) is 21.1 Å². The minimum Gasteiger partial charge on any atom is -0.312 e. The van der Waals surface area contributed by atoms with E-state index in [0.717, 1.165) is 18.5 Å². The quantitative estimate of drug-likeness (QED) is 0.759. The number of rotatable bonds is 3. The van der Waals surface area contributed by atoms with Crippen molar-refractivity contribution < 1.29 is 8.42 Å². The number of nitrogens with zero attached hydrogens (tertiary/aromatic N) is 1. The predicted octanol–water partition coefficient (Wildman–Crippen LogP) is 2.99. The van der Waals surface area contributed by atoms with Crippen LogP contribution in [-0.4, -0.2) is 19.9 Å². The highest BCUT2D eigenvalue weighted by atomic mass is 32.2. The molecule has 2 heterocycles. The van der Waals surface area contributed by atoms with Crippen molar-refractivity contribution >= 4 is 26.6 Å². The molecule has 1 aliphatic heterocycles. The topological polar surface area (TPSA) is 71.1 Å². The number of fused-ring (bicyclic) bond motifs is 2. The van der Waals surface area contributed by atoms with Gasteiger partial charge in [-0.15, -0.1) is 0 Å². The maximum Gasteiger partial charge on any atom is 0.262 e. The van der Waals surface area contributed by atoms with Gasteiger partial charge in [-0.1, -0.05) is 18.2 Å². The molecule has 4 rings (SSSR count). The van der Waals surface area contributed by atoms with Gasteiger partial charge in [0.25, 0.3) is 10.0 Å². The lowest BCUT2D eigenvalue weighted by molar-refractivity contribution is 0.601. The van der Waals surface area contributed by atoms with Gasteiger partial charge in [0.1, 0.15) is 0 Å². The predicted molar refractivity (Wildman–Crippen MR) is 99.1 cm³/mol. The van der Waals surface area contributed by atoms with E-state index in [1.54, 1.807) is 24.4 Å². The SMILES string of the molecule is Cc1ccc2ncccc2c1S(=O)(=O)Nc1cccc2c1CNCC2. The van der Waals surface area contributed by atoms with Crippen LogP contribution >= 0.6 is 0 Å². The number of pyridine rings is 1. The highest BCUT2D eigenvalue weighted by molar-refractivity contribution is 7.93. The van der Waals surface area contributed by atoms with Crippen LogP contribution in [0.25, 0.3) is 10.9 Å². The Labute approximate surface area is 147 Å². The minimum absolute atomic E-state index is 0.291. The molecule has 5 nitrogen and oxygen atoms in total. The number of sulfonamides is 1. The monoisotopic (exact) mass is 353 g/mol. The van der Waals surface area contributed by atoms with E-state index < -0.39 is 10.0 Å². The Morgan fingerprint density at radius 1 is 1.12 bits per heavy atom. The van der Waals surface area contributed by atoms with E-state index >= 15 is 0 Å². The average molecular weight is 353 g/mol. The first kappa shape index (κ1) is 16.1. The van der Waals surface area contributed by atoms with Crippen LogP contribution in [-0.2, 0) is 23.0 Å². The summed E-state index contributed by atoms with van der Waals surface area (Å²) < 4.78 is 29.1. The second-order valence-corrected chi connectivity index (χ2v) is 7.88. The molecule has 0 bridgehead atoms. The van der Waals surface area contributed by atoms with Crippen molar-refractivity contribution in [3.05, 3.63) is 65.4 Å². The van der Waals surface area contributed by atoms with Crippen LogP contribution in [0.3, 0.4) is 0 Å². The van der Waals surface area contributed by atoms with Gasteiger partial charge in [-0.05, 0) is 60.8 Å². The molecule has 1 aromatic heterocycles. The van der Waals surface area contributed by atoms with Crippen LogP contribution in [0.4, 0.5) is 5.69 Å². The molecule has 6 heteroatoms. The third-order valence-corrected chi connectivity index (χ3v) is 6.16. The first-order valence-electron chi connectivity index (χ1n) is 8.25. The normalized spacial score (nSPS) is 14.3. The summed E-state index contributed by atoms with van der Waals surface area (Å²) in [6, 6.07) is 13.0. The molecule has 0 amide bonds.